The minimum atomic E-state index is -4.53. The highest BCUT2D eigenvalue weighted by Crippen LogP contribution is 2.34. The van der Waals surface area contributed by atoms with E-state index in [9.17, 15) is 21.6 Å². The molecule has 0 atom stereocenters. The molecule has 5 rings (SSSR count). The van der Waals surface area contributed by atoms with Crippen molar-refractivity contribution in [1.29, 1.82) is 0 Å². The van der Waals surface area contributed by atoms with Crippen molar-refractivity contribution >= 4 is 49.5 Å². The fourth-order valence-corrected chi connectivity index (χ4v) is 4.89. The Labute approximate surface area is 195 Å². The van der Waals surface area contributed by atoms with Crippen LogP contribution in [0.5, 0.6) is 0 Å². The van der Waals surface area contributed by atoms with Crippen molar-refractivity contribution in [3.63, 3.8) is 0 Å². The van der Waals surface area contributed by atoms with E-state index < -0.39 is 21.6 Å². The van der Waals surface area contributed by atoms with Crippen LogP contribution in [0.4, 0.5) is 24.7 Å². The Morgan fingerprint density at radius 3 is 2.44 bits per heavy atom. The molecule has 2 heterocycles. The van der Waals surface area contributed by atoms with E-state index in [1.54, 1.807) is 36.4 Å². The van der Waals surface area contributed by atoms with Gasteiger partial charge < -0.3 is 5.32 Å². The van der Waals surface area contributed by atoms with Gasteiger partial charge in [0, 0.05) is 16.1 Å². The lowest BCUT2D eigenvalue weighted by Crippen LogP contribution is -2.07. The zero-order valence-corrected chi connectivity index (χ0v) is 18.5. The first kappa shape index (κ1) is 22.1. The molecule has 12 heteroatoms. The summed E-state index contributed by atoms with van der Waals surface area (Å²) in [6, 6.07) is 16.9. The number of rotatable bonds is 4. The maximum absolute atomic E-state index is 13.2. The van der Waals surface area contributed by atoms with Crippen LogP contribution in [0.1, 0.15) is 5.56 Å². The summed E-state index contributed by atoms with van der Waals surface area (Å²) in [5, 5.41) is 11.1. The topological polar surface area (TPSA) is 89.2 Å². The minimum Gasteiger partial charge on any atom is -0.340 e. The van der Waals surface area contributed by atoms with E-state index in [0.29, 0.717) is 15.9 Å². The van der Waals surface area contributed by atoms with Crippen LogP contribution in [0, 0.1) is 0 Å². The molecule has 2 aromatic heterocycles. The molecule has 0 aliphatic carbocycles. The molecule has 0 aliphatic rings. The Kier molecular flexibility index (Phi) is 5.18. The van der Waals surface area contributed by atoms with E-state index in [2.05, 4.69) is 20.6 Å². The number of benzene rings is 3. The van der Waals surface area contributed by atoms with Gasteiger partial charge in [-0.3, -0.25) is 0 Å². The first-order valence-electron chi connectivity index (χ1n) is 9.74. The quantitative estimate of drug-likeness (QED) is 0.347. The number of hydrogen-bond donors (Lipinski definition) is 1. The van der Waals surface area contributed by atoms with Crippen LogP contribution in [0.15, 0.2) is 82.7 Å². The lowest BCUT2D eigenvalue weighted by molar-refractivity contribution is -0.137. The predicted octanol–water partition coefficient (Wildman–Crippen LogP) is 5.53. The molecule has 0 saturated heterocycles. The number of anilines is 2. The van der Waals surface area contributed by atoms with Crippen LogP contribution in [-0.4, -0.2) is 28.2 Å². The van der Waals surface area contributed by atoms with E-state index in [0.717, 1.165) is 12.1 Å². The third kappa shape index (κ3) is 3.82. The highest BCUT2D eigenvalue weighted by molar-refractivity contribution is 7.91. The van der Waals surface area contributed by atoms with Gasteiger partial charge in [0.15, 0.2) is 5.65 Å². The van der Waals surface area contributed by atoms with Gasteiger partial charge in [-0.1, -0.05) is 41.1 Å². The van der Waals surface area contributed by atoms with Crippen molar-refractivity contribution in [2.75, 3.05) is 5.32 Å². The van der Waals surface area contributed by atoms with Crippen LogP contribution in [-0.2, 0) is 16.0 Å². The summed E-state index contributed by atoms with van der Waals surface area (Å²) < 4.78 is 67.2. The van der Waals surface area contributed by atoms with Crippen LogP contribution in [0.3, 0.4) is 0 Å². The first-order valence-corrected chi connectivity index (χ1v) is 11.6. The van der Waals surface area contributed by atoms with Crippen molar-refractivity contribution in [3.05, 3.63) is 83.4 Å². The van der Waals surface area contributed by atoms with Crippen LogP contribution < -0.4 is 5.32 Å². The van der Waals surface area contributed by atoms with Gasteiger partial charge in [-0.2, -0.15) is 17.7 Å². The molecule has 0 amide bonds. The highest BCUT2D eigenvalue weighted by atomic mass is 35.5. The molecule has 3 aromatic carbocycles. The summed E-state index contributed by atoms with van der Waals surface area (Å²) in [5.74, 6) is 0.0936. The van der Waals surface area contributed by atoms with E-state index >= 15 is 0 Å². The van der Waals surface area contributed by atoms with Gasteiger partial charge in [0.05, 0.1) is 16.0 Å². The molecule has 7 nitrogen and oxygen atoms in total. The molecule has 1 N–H and O–H groups in total. The van der Waals surface area contributed by atoms with Crippen molar-refractivity contribution in [2.24, 2.45) is 0 Å². The second kappa shape index (κ2) is 7.96. The highest BCUT2D eigenvalue weighted by Gasteiger charge is 2.31. The van der Waals surface area contributed by atoms with Crippen molar-refractivity contribution in [1.82, 2.24) is 19.8 Å². The molecule has 172 valence electrons. The Morgan fingerprint density at radius 2 is 1.71 bits per heavy atom. The molecule has 0 radical (unpaired) electrons. The molecule has 0 spiro atoms. The van der Waals surface area contributed by atoms with Gasteiger partial charge in [-0.15, -0.1) is 5.10 Å². The smallest absolute Gasteiger partial charge is 0.340 e. The van der Waals surface area contributed by atoms with Gasteiger partial charge in [0.2, 0.25) is 14.9 Å². The second-order valence-electron chi connectivity index (χ2n) is 7.27. The number of aromatic nitrogens is 4. The maximum atomic E-state index is 13.2. The molecule has 0 fully saturated rings. The molecule has 34 heavy (non-hydrogen) atoms. The van der Waals surface area contributed by atoms with E-state index in [4.69, 9.17) is 11.6 Å². The molecular formula is C22H13ClF3N5O2S. The fraction of sp³-hybridized carbons (Fsp3) is 0.0455. The summed E-state index contributed by atoms with van der Waals surface area (Å²) in [4.78, 5) is 4.39. The van der Waals surface area contributed by atoms with Gasteiger partial charge in [-0.25, -0.2) is 13.4 Å². The van der Waals surface area contributed by atoms with Gasteiger partial charge in [0.1, 0.15) is 5.82 Å². The number of fused-ring (bicyclic) bond motifs is 3. The van der Waals surface area contributed by atoms with Gasteiger partial charge >= 0.3 is 6.18 Å². The summed E-state index contributed by atoms with van der Waals surface area (Å²) in [7, 11) is -4.07. The Bertz CT molecular complexity index is 1650. The average molecular weight is 504 g/mol. The molecular weight excluding hydrogens is 491 g/mol. The fourth-order valence-electron chi connectivity index (χ4n) is 3.46. The van der Waals surface area contributed by atoms with Crippen LogP contribution >= 0.6 is 11.6 Å². The van der Waals surface area contributed by atoms with Crippen LogP contribution in [0.25, 0.3) is 16.6 Å². The minimum absolute atomic E-state index is 0.00258. The van der Waals surface area contributed by atoms with E-state index in [-0.39, 0.29) is 27.1 Å². The number of sulfone groups is 1. The number of nitrogens with one attached hydrogen (secondary N) is 1. The Morgan fingerprint density at radius 1 is 0.941 bits per heavy atom. The van der Waals surface area contributed by atoms with Crippen molar-refractivity contribution < 1.29 is 21.6 Å². The zero-order chi connectivity index (χ0) is 24.1. The number of nitrogens with zero attached hydrogens (tertiary/aromatic N) is 4. The summed E-state index contributed by atoms with van der Waals surface area (Å²) in [6.45, 7) is 0. The summed E-state index contributed by atoms with van der Waals surface area (Å²) >= 11 is 6.14. The Balaban J connectivity index is 1.73. The predicted molar refractivity (Wildman–Crippen MR) is 120 cm³/mol. The summed E-state index contributed by atoms with van der Waals surface area (Å²) in [6.07, 6.45) is -4.53. The SMILES string of the molecule is O=S(=O)(c1ccccc1)c1nnn2c1nc(Nc1cccc(C(F)(F)F)c1)c1cc(Cl)ccc12. The van der Waals surface area contributed by atoms with E-state index in [1.807, 2.05) is 0 Å². The van der Waals surface area contributed by atoms with E-state index in [1.165, 1.54) is 28.8 Å². The van der Waals surface area contributed by atoms with Gasteiger partial charge in [0.25, 0.3) is 0 Å². The van der Waals surface area contributed by atoms with Crippen molar-refractivity contribution in [2.45, 2.75) is 16.1 Å². The maximum Gasteiger partial charge on any atom is 0.416 e. The molecule has 0 aliphatic heterocycles. The third-order valence-corrected chi connectivity index (χ3v) is 6.94. The first-order chi connectivity index (χ1) is 16.1. The van der Waals surface area contributed by atoms with Crippen LogP contribution in [0.2, 0.25) is 5.02 Å². The number of alkyl halides is 3. The molecule has 5 aromatic rings. The molecule has 0 unspecified atom stereocenters. The lowest BCUT2D eigenvalue weighted by Gasteiger charge is -2.13. The largest absolute Gasteiger partial charge is 0.416 e. The van der Waals surface area contributed by atoms with Crippen molar-refractivity contribution in [3.8, 4) is 0 Å². The van der Waals surface area contributed by atoms with Gasteiger partial charge in [-0.05, 0) is 48.5 Å². The zero-order valence-electron chi connectivity index (χ0n) is 17.0. The normalized spacial score (nSPS) is 12.4. The Hall–Kier alpha value is -3.70. The second-order valence-corrected chi connectivity index (χ2v) is 9.57. The monoisotopic (exact) mass is 503 g/mol. The average Bonchev–Trinajstić information content (AvgIpc) is 3.24. The standard InChI is InChI=1S/C22H13ClF3N5O2S/c23-14-9-10-18-17(12-14)19(27-15-6-4-5-13(11-15)22(24,25)26)28-20-21(29-30-31(18)20)34(32,33)16-7-2-1-3-8-16/h1-12H,(H,27,28). The number of halogens is 4. The number of hydrogen-bond acceptors (Lipinski definition) is 6. The molecule has 0 bridgehead atoms. The lowest BCUT2D eigenvalue weighted by atomic mass is 10.2. The molecule has 0 saturated carbocycles. The summed E-state index contributed by atoms with van der Waals surface area (Å²) in [5.41, 5.74) is -0.425. The third-order valence-electron chi connectivity index (χ3n) is 5.04.